The van der Waals surface area contributed by atoms with Crippen molar-refractivity contribution in [2.45, 2.75) is 26.4 Å². The fourth-order valence-corrected chi connectivity index (χ4v) is 1.62. The van der Waals surface area contributed by atoms with Crippen LogP contribution in [0.3, 0.4) is 0 Å². The molecular formula is C13H17N3. The van der Waals surface area contributed by atoms with Crippen LogP contribution in [0.1, 0.15) is 19.4 Å². The lowest BCUT2D eigenvalue weighted by molar-refractivity contribution is 0.687. The zero-order valence-corrected chi connectivity index (χ0v) is 9.72. The molecule has 84 valence electrons. The van der Waals surface area contributed by atoms with Crippen molar-refractivity contribution in [2.75, 3.05) is 5.32 Å². The summed E-state index contributed by atoms with van der Waals surface area (Å²) >= 11 is 0. The van der Waals surface area contributed by atoms with Gasteiger partial charge in [-0.1, -0.05) is 12.1 Å². The molecule has 0 fully saturated rings. The molecule has 3 heteroatoms. The first-order valence-corrected chi connectivity index (χ1v) is 5.57. The van der Waals surface area contributed by atoms with Gasteiger partial charge >= 0.3 is 0 Å². The first kappa shape index (κ1) is 10.7. The summed E-state index contributed by atoms with van der Waals surface area (Å²) < 4.78 is 1.92. The van der Waals surface area contributed by atoms with E-state index in [9.17, 15) is 0 Å². The van der Waals surface area contributed by atoms with Gasteiger partial charge in [-0.2, -0.15) is 5.10 Å². The number of aromatic nitrogens is 2. The third-order valence-electron chi connectivity index (χ3n) is 2.31. The van der Waals surface area contributed by atoms with E-state index in [-0.39, 0.29) is 0 Å². The SMILES string of the molecule is CC(C)Nc1ccc(Cn2cccn2)cc1. The molecule has 0 radical (unpaired) electrons. The number of rotatable bonds is 4. The van der Waals surface area contributed by atoms with Crippen LogP contribution in [0.2, 0.25) is 0 Å². The third-order valence-corrected chi connectivity index (χ3v) is 2.31. The Hall–Kier alpha value is -1.77. The molecule has 0 aliphatic carbocycles. The minimum absolute atomic E-state index is 0.469. The van der Waals surface area contributed by atoms with Crippen LogP contribution in [-0.4, -0.2) is 15.8 Å². The minimum Gasteiger partial charge on any atom is -0.383 e. The van der Waals surface area contributed by atoms with Crippen LogP contribution in [0.4, 0.5) is 5.69 Å². The standard InChI is InChI=1S/C13H17N3/c1-11(2)15-13-6-4-12(5-7-13)10-16-9-3-8-14-16/h3-9,11,15H,10H2,1-2H3. The average Bonchev–Trinajstić information content (AvgIpc) is 2.73. The summed E-state index contributed by atoms with van der Waals surface area (Å²) in [6.07, 6.45) is 3.77. The average molecular weight is 215 g/mol. The molecule has 3 nitrogen and oxygen atoms in total. The lowest BCUT2D eigenvalue weighted by Crippen LogP contribution is -2.09. The highest BCUT2D eigenvalue weighted by Crippen LogP contribution is 2.11. The van der Waals surface area contributed by atoms with Crippen molar-refractivity contribution in [1.29, 1.82) is 0 Å². The maximum atomic E-state index is 4.18. The van der Waals surface area contributed by atoms with Crippen LogP contribution >= 0.6 is 0 Å². The summed E-state index contributed by atoms with van der Waals surface area (Å²) in [6, 6.07) is 10.9. The van der Waals surface area contributed by atoms with Gasteiger partial charge in [0.25, 0.3) is 0 Å². The first-order chi connectivity index (χ1) is 7.74. The van der Waals surface area contributed by atoms with Crippen LogP contribution in [0, 0.1) is 0 Å². The Morgan fingerprint density at radius 3 is 2.56 bits per heavy atom. The van der Waals surface area contributed by atoms with Crippen molar-refractivity contribution in [3.63, 3.8) is 0 Å². The zero-order chi connectivity index (χ0) is 11.4. The summed E-state index contributed by atoms with van der Waals surface area (Å²) in [5.41, 5.74) is 2.43. The van der Waals surface area contributed by atoms with Crippen LogP contribution in [0.25, 0.3) is 0 Å². The molecule has 0 atom stereocenters. The number of hydrogen-bond acceptors (Lipinski definition) is 2. The fourth-order valence-electron chi connectivity index (χ4n) is 1.62. The molecular weight excluding hydrogens is 198 g/mol. The Kier molecular flexibility index (Phi) is 3.25. The summed E-state index contributed by atoms with van der Waals surface area (Å²) in [5, 5.41) is 7.55. The molecule has 0 aliphatic rings. The topological polar surface area (TPSA) is 29.9 Å². The van der Waals surface area contributed by atoms with E-state index in [0.29, 0.717) is 6.04 Å². The van der Waals surface area contributed by atoms with Crippen LogP contribution < -0.4 is 5.32 Å². The maximum Gasteiger partial charge on any atom is 0.0659 e. The van der Waals surface area contributed by atoms with Crippen LogP contribution in [0.15, 0.2) is 42.7 Å². The van der Waals surface area contributed by atoms with Crippen molar-refractivity contribution in [3.05, 3.63) is 48.3 Å². The predicted molar refractivity (Wildman–Crippen MR) is 66.5 cm³/mol. The largest absolute Gasteiger partial charge is 0.383 e. The van der Waals surface area contributed by atoms with Crippen LogP contribution in [-0.2, 0) is 6.54 Å². The number of nitrogens with zero attached hydrogens (tertiary/aromatic N) is 2. The van der Waals surface area contributed by atoms with E-state index in [4.69, 9.17) is 0 Å². The minimum atomic E-state index is 0.469. The highest BCUT2D eigenvalue weighted by Gasteiger charge is 1.97. The van der Waals surface area contributed by atoms with E-state index in [1.165, 1.54) is 11.3 Å². The Morgan fingerprint density at radius 1 is 1.25 bits per heavy atom. The monoisotopic (exact) mass is 215 g/mol. The summed E-state index contributed by atoms with van der Waals surface area (Å²) in [5.74, 6) is 0. The maximum absolute atomic E-state index is 4.18. The molecule has 1 heterocycles. The van der Waals surface area contributed by atoms with Gasteiger partial charge in [-0.15, -0.1) is 0 Å². The van der Waals surface area contributed by atoms with Crippen molar-refractivity contribution < 1.29 is 0 Å². The molecule has 0 saturated heterocycles. The molecule has 1 N–H and O–H groups in total. The van der Waals surface area contributed by atoms with E-state index in [1.54, 1.807) is 6.20 Å². The molecule has 0 unspecified atom stereocenters. The van der Waals surface area contributed by atoms with E-state index in [2.05, 4.69) is 48.5 Å². The van der Waals surface area contributed by atoms with Gasteiger partial charge in [-0.3, -0.25) is 4.68 Å². The van der Waals surface area contributed by atoms with Gasteiger partial charge in [0.15, 0.2) is 0 Å². The highest BCUT2D eigenvalue weighted by atomic mass is 15.3. The number of benzene rings is 1. The number of nitrogens with one attached hydrogen (secondary N) is 1. The predicted octanol–water partition coefficient (Wildman–Crippen LogP) is 2.75. The van der Waals surface area contributed by atoms with Gasteiger partial charge in [-0.25, -0.2) is 0 Å². The van der Waals surface area contributed by atoms with E-state index in [0.717, 1.165) is 6.54 Å². The molecule has 0 spiro atoms. The van der Waals surface area contributed by atoms with Crippen LogP contribution in [0.5, 0.6) is 0 Å². The zero-order valence-electron chi connectivity index (χ0n) is 9.72. The second-order valence-corrected chi connectivity index (χ2v) is 4.20. The van der Waals surface area contributed by atoms with Gasteiger partial charge in [0.1, 0.15) is 0 Å². The lowest BCUT2D eigenvalue weighted by atomic mass is 10.2. The molecule has 0 aliphatic heterocycles. The van der Waals surface area contributed by atoms with Gasteiger partial charge < -0.3 is 5.32 Å². The van der Waals surface area contributed by atoms with Crippen molar-refractivity contribution >= 4 is 5.69 Å². The Morgan fingerprint density at radius 2 is 2.00 bits per heavy atom. The molecule has 2 rings (SSSR count). The van der Waals surface area contributed by atoms with Gasteiger partial charge in [0.05, 0.1) is 6.54 Å². The van der Waals surface area contributed by atoms with E-state index < -0.39 is 0 Å². The highest BCUT2D eigenvalue weighted by molar-refractivity contribution is 5.45. The van der Waals surface area contributed by atoms with E-state index in [1.807, 2.05) is 16.9 Å². The van der Waals surface area contributed by atoms with Crippen molar-refractivity contribution in [1.82, 2.24) is 9.78 Å². The molecule has 0 amide bonds. The molecule has 2 aromatic rings. The Balaban J connectivity index is 2.02. The fraction of sp³-hybridized carbons (Fsp3) is 0.308. The molecule has 16 heavy (non-hydrogen) atoms. The Bertz CT molecular complexity index is 415. The third kappa shape index (κ3) is 2.86. The molecule has 0 bridgehead atoms. The number of hydrogen-bond donors (Lipinski definition) is 1. The first-order valence-electron chi connectivity index (χ1n) is 5.57. The quantitative estimate of drug-likeness (QED) is 0.850. The van der Waals surface area contributed by atoms with Gasteiger partial charge in [-0.05, 0) is 37.6 Å². The second-order valence-electron chi connectivity index (χ2n) is 4.20. The normalized spacial score (nSPS) is 10.7. The smallest absolute Gasteiger partial charge is 0.0659 e. The molecule has 1 aromatic heterocycles. The van der Waals surface area contributed by atoms with Crippen molar-refractivity contribution in [3.8, 4) is 0 Å². The summed E-state index contributed by atoms with van der Waals surface area (Å²) in [4.78, 5) is 0. The van der Waals surface area contributed by atoms with Gasteiger partial charge in [0.2, 0.25) is 0 Å². The summed E-state index contributed by atoms with van der Waals surface area (Å²) in [7, 11) is 0. The van der Waals surface area contributed by atoms with E-state index >= 15 is 0 Å². The molecule has 1 aromatic carbocycles. The second kappa shape index (κ2) is 4.84. The van der Waals surface area contributed by atoms with Crippen molar-refractivity contribution in [2.24, 2.45) is 0 Å². The van der Waals surface area contributed by atoms with Gasteiger partial charge in [0, 0.05) is 24.1 Å². The lowest BCUT2D eigenvalue weighted by Gasteiger charge is -2.10. The Labute approximate surface area is 96.1 Å². The molecule has 0 saturated carbocycles. The summed E-state index contributed by atoms with van der Waals surface area (Å²) in [6.45, 7) is 5.10. The number of anilines is 1.